The number of nitrogens with one attached hydrogen (secondary N) is 1. The van der Waals surface area contributed by atoms with Crippen molar-refractivity contribution in [2.45, 2.75) is 50.2 Å². The van der Waals surface area contributed by atoms with Gasteiger partial charge in [0.15, 0.2) is 16.1 Å². The molecule has 1 unspecified atom stereocenters. The Kier molecular flexibility index (Phi) is 6.54. The number of carbonyl (C=O) groups is 1. The number of likely N-dealkylation sites (tertiary alicyclic amines) is 1. The Bertz CT molecular complexity index is 793. The van der Waals surface area contributed by atoms with Crippen LogP contribution in [-0.4, -0.2) is 44.7 Å². The standard InChI is InChI=1S/C18H25N3O3S.K/c1-21-9-8-14(11-21)25(23,24)20-18(22)19-17-15-6-2-4-12(15)10-13-5-3-7-16(13)17;/h10,14H,2-9,11H2,1H3,(H2,19,20,22);/q;+1/p-1. The molecule has 1 aromatic carbocycles. The van der Waals surface area contributed by atoms with E-state index in [4.69, 9.17) is 0 Å². The van der Waals surface area contributed by atoms with Gasteiger partial charge in [-0.2, -0.15) is 0 Å². The Morgan fingerprint density at radius 1 is 1.15 bits per heavy atom. The molecule has 4 rings (SSSR count). The molecule has 1 fully saturated rings. The van der Waals surface area contributed by atoms with Crippen molar-refractivity contribution in [3.63, 3.8) is 0 Å². The average molecular weight is 402 g/mol. The van der Waals surface area contributed by atoms with Crippen LogP contribution in [0.25, 0.3) is 4.72 Å². The maximum Gasteiger partial charge on any atom is 1.00 e. The second kappa shape index (κ2) is 8.19. The Morgan fingerprint density at radius 2 is 1.77 bits per heavy atom. The van der Waals surface area contributed by atoms with Gasteiger partial charge in [-0.05, 0) is 86.5 Å². The largest absolute Gasteiger partial charge is 1.00 e. The molecule has 0 radical (unpaired) electrons. The molecule has 2 amide bonds. The second-order valence-corrected chi connectivity index (χ2v) is 9.32. The number of rotatable bonds is 3. The molecule has 1 atom stereocenters. The summed E-state index contributed by atoms with van der Waals surface area (Å²) in [7, 11) is -1.89. The van der Waals surface area contributed by atoms with E-state index in [1.54, 1.807) is 0 Å². The van der Waals surface area contributed by atoms with Gasteiger partial charge in [-0.15, -0.1) is 0 Å². The van der Waals surface area contributed by atoms with Crippen LogP contribution in [0.3, 0.4) is 0 Å². The first kappa shape index (κ1) is 20.8. The van der Waals surface area contributed by atoms with E-state index in [-0.39, 0.29) is 51.4 Å². The first-order valence-electron chi connectivity index (χ1n) is 9.07. The second-order valence-electron chi connectivity index (χ2n) is 7.44. The molecule has 0 spiro atoms. The van der Waals surface area contributed by atoms with Crippen molar-refractivity contribution in [2.24, 2.45) is 0 Å². The number of benzene rings is 1. The zero-order valence-electron chi connectivity index (χ0n) is 15.5. The van der Waals surface area contributed by atoms with Crippen LogP contribution in [-0.2, 0) is 35.7 Å². The van der Waals surface area contributed by atoms with Crippen LogP contribution in [0, 0.1) is 0 Å². The molecule has 136 valence electrons. The molecule has 1 aliphatic heterocycles. The summed E-state index contributed by atoms with van der Waals surface area (Å²) in [6.45, 7) is 1.16. The minimum atomic E-state index is -3.77. The summed E-state index contributed by atoms with van der Waals surface area (Å²) in [5, 5.41) is 2.26. The zero-order valence-corrected chi connectivity index (χ0v) is 19.5. The van der Waals surface area contributed by atoms with Crippen LogP contribution in [0.4, 0.5) is 10.5 Å². The fourth-order valence-electron chi connectivity index (χ4n) is 4.42. The van der Waals surface area contributed by atoms with E-state index >= 15 is 0 Å². The summed E-state index contributed by atoms with van der Waals surface area (Å²) in [6, 6.07) is 1.53. The van der Waals surface area contributed by atoms with E-state index in [1.165, 1.54) is 22.3 Å². The van der Waals surface area contributed by atoms with Crippen LogP contribution < -0.4 is 56.7 Å². The normalized spacial score (nSPS) is 21.8. The monoisotopic (exact) mass is 401 g/mol. The number of amides is 2. The van der Waals surface area contributed by atoms with E-state index in [2.05, 4.69) is 16.1 Å². The van der Waals surface area contributed by atoms with Crippen LogP contribution in [0.15, 0.2) is 6.07 Å². The van der Waals surface area contributed by atoms with Crippen molar-refractivity contribution in [3.8, 4) is 0 Å². The molecular weight excluding hydrogens is 377 g/mol. The van der Waals surface area contributed by atoms with Crippen LogP contribution in [0.5, 0.6) is 0 Å². The van der Waals surface area contributed by atoms with Gasteiger partial charge in [-0.1, -0.05) is 6.07 Å². The molecule has 0 bridgehead atoms. The van der Waals surface area contributed by atoms with E-state index in [1.807, 2.05) is 11.9 Å². The maximum absolute atomic E-state index is 12.4. The Morgan fingerprint density at radius 3 is 2.31 bits per heavy atom. The summed E-state index contributed by atoms with van der Waals surface area (Å²) in [5.74, 6) is 0. The summed E-state index contributed by atoms with van der Waals surface area (Å²) in [5.41, 5.74) is 5.81. The molecule has 0 saturated carbocycles. The van der Waals surface area contributed by atoms with Gasteiger partial charge in [0.25, 0.3) is 0 Å². The van der Waals surface area contributed by atoms with Crippen molar-refractivity contribution >= 4 is 21.7 Å². The summed E-state index contributed by atoms with van der Waals surface area (Å²) in [6.07, 6.45) is 6.67. The third-order valence-corrected chi connectivity index (χ3v) is 7.33. The van der Waals surface area contributed by atoms with Crippen molar-refractivity contribution in [1.82, 2.24) is 4.90 Å². The SMILES string of the molecule is CN1CCC(S(=O)(=O)[N-]C(=O)Nc2c3c(cc4c2CCC4)CCC3)C1.[K+]. The van der Waals surface area contributed by atoms with Crippen molar-refractivity contribution in [2.75, 3.05) is 25.5 Å². The number of nitrogens with zero attached hydrogens (tertiary/aromatic N) is 2. The minimum absolute atomic E-state index is 0. The predicted molar refractivity (Wildman–Crippen MR) is 97.7 cm³/mol. The van der Waals surface area contributed by atoms with Crippen LogP contribution >= 0.6 is 0 Å². The minimum Gasteiger partial charge on any atom is -0.423 e. The molecule has 1 saturated heterocycles. The molecule has 1 heterocycles. The van der Waals surface area contributed by atoms with Crippen LogP contribution in [0.1, 0.15) is 41.5 Å². The van der Waals surface area contributed by atoms with Crippen LogP contribution in [0.2, 0.25) is 0 Å². The van der Waals surface area contributed by atoms with Crippen molar-refractivity contribution in [3.05, 3.63) is 33.0 Å². The van der Waals surface area contributed by atoms with Gasteiger partial charge in [-0.3, -0.25) is 4.79 Å². The third kappa shape index (κ3) is 4.06. The molecule has 1 aromatic rings. The maximum atomic E-state index is 12.4. The number of hydrogen-bond donors (Lipinski definition) is 1. The summed E-state index contributed by atoms with van der Waals surface area (Å²) < 4.78 is 28.4. The van der Waals surface area contributed by atoms with Gasteiger partial charge in [-0.25, -0.2) is 8.42 Å². The van der Waals surface area contributed by atoms with Gasteiger partial charge >= 0.3 is 51.4 Å². The topological polar surface area (TPSA) is 80.6 Å². The smallest absolute Gasteiger partial charge is 0.423 e. The fraction of sp³-hybridized carbons (Fsp3) is 0.611. The predicted octanol–water partition coefficient (Wildman–Crippen LogP) is -0.392. The van der Waals surface area contributed by atoms with Gasteiger partial charge in [0, 0.05) is 6.54 Å². The average Bonchev–Trinajstić information content (AvgIpc) is 3.25. The van der Waals surface area contributed by atoms with Gasteiger partial charge < -0.3 is 14.9 Å². The quantitative estimate of drug-likeness (QED) is 0.700. The fourth-order valence-corrected chi connectivity index (χ4v) is 5.70. The van der Waals surface area contributed by atoms with Crippen molar-refractivity contribution < 1.29 is 64.6 Å². The molecule has 3 aliphatic rings. The number of fused-ring (bicyclic) bond motifs is 2. The van der Waals surface area contributed by atoms with E-state index in [0.29, 0.717) is 13.0 Å². The van der Waals surface area contributed by atoms with E-state index < -0.39 is 21.3 Å². The van der Waals surface area contributed by atoms with E-state index in [9.17, 15) is 13.2 Å². The number of urea groups is 1. The van der Waals surface area contributed by atoms with E-state index in [0.717, 1.165) is 50.8 Å². The summed E-state index contributed by atoms with van der Waals surface area (Å²) >= 11 is 0. The molecule has 6 nitrogen and oxygen atoms in total. The number of hydrogen-bond acceptors (Lipinski definition) is 4. The molecule has 8 heteroatoms. The number of anilines is 1. The van der Waals surface area contributed by atoms with Crippen molar-refractivity contribution in [1.29, 1.82) is 0 Å². The number of sulfonamides is 1. The molecule has 1 N–H and O–H groups in total. The van der Waals surface area contributed by atoms with Gasteiger partial charge in [0.05, 0.1) is 5.25 Å². The number of aryl methyl sites for hydroxylation is 2. The Labute approximate surface area is 197 Å². The molecular formula is C18H24KN3O3S. The first-order chi connectivity index (χ1) is 11.9. The third-order valence-electron chi connectivity index (χ3n) is 5.68. The molecule has 2 aliphatic carbocycles. The van der Waals surface area contributed by atoms with Gasteiger partial charge in [0.1, 0.15) is 0 Å². The number of carbonyl (C=O) groups excluding carboxylic acids is 1. The molecule has 26 heavy (non-hydrogen) atoms. The zero-order chi connectivity index (χ0) is 17.6. The van der Waals surface area contributed by atoms with Gasteiger partial charge in [0.2, 0.25) is 0 Å². The first-order valence-corrected chi connectivity index (χ1v) is 10.6. The Balaban J connectivity index is 0.00000196. The molecule has 0 aromatic heterocycles. The Hall–Kier alpha value is 0.0364. The summed E-state index contributed by atoms with van der Waals surface area (Å²) in [4.78, 5) is 14.3.